The second-order valence-corrected chi connectivity index (χ2v) is 7.54. The summed E-state index contributed by atoms with van der Waals surface area (Å²) in [5.74, 6) is 0.113. The molecule has 0 saturated heterocycles. The number of fused-ring (bicyclic) bond motifs is 1. The van der Waals surface area contributed by atoms with Crippen LogP contribution >= 0.6 is 0 Å². The van der Waals surface area contributed by atoms with E-state index in [1.54, 1.807) is 6.20 Å². The lowest BCUT2D eigenvalue weighted by molar-refractivity contribution is -0.136. The number of hydrogen-bond acceptors (Lipinski definition) is 3. The first-order valence-electron chi connectivity index (χ1n) is 10.0. The maximum Gasteiger partial charge on any atom is 0.303 e. The van der Waals surface area contributed by atoms with Gasteiger partial charge in [0.1, 0.15) is 5.75 Å². The van der Waals surface area contributed by atoms with Gasteiger partial charge in [0.05, 0.1) is 6.10 Å². The summed E-state index contributed by atoms with van der Waals surface area (Å²) in [7, 11) is 0. The van der Waals surface area contributed by atoms with Crippen molar-refractivity contribution in [1.29, 1.82) is 0 Å². The summed E-state index contributed by atoms with van der Waals surface area (Å²) in [5, 5.41) is 11.3. The van der Waals surface area contributed by atoms with Gasteiger partial charge in [0.25, 0.3) is 0 Å². The molecule has 0 atom stereocenters. The summed E-state index contributed by atoms with van der Waals surface area (Å²) in [6.45, 7) is 0. The molecule has 0 bridgehead atoms. The number of carboxylic acid groups (broad SMARTS) is 1. The van der Waals surface area contributed by atoms with Crippen LogP contribution in [-0.4, -0.2) is 22.2 Å². The maximum atomic E-state index is 11.0. The van der Waals surface area contributed by atoms with Crippen molar-refractivity contribution in [2.75, 3.05) is 0 Å². The predicted molar refractivity (Wildman–Crippen MR) is 111 cm³/mol. The molecule has 4 nitrogen and oxygen atoms in total. The zero-order chi connectivity index (χ0) is 19.3. The van der Waals surface area contributed by atoms with Crippen molar-refractivity contribution in [2.24, 2.45) is 0 Å². The summed E-state index contributed by atoms with van der Waals surface area (Å²) >= 11 is 0. The third-order valence-electron chi connectivity index (χ3n) is 5.47. The molecule has 1 heterocycles. The molecular formula is C24H25NO3. The number of carbonyl (C=O) groups is 1. The Bertz CT molecular complexity index is 977. The number of aliphatic carboxylic acids is 1. The Morgan fingerprint density at radius 3 is 2.71 bits per heavy atom. The summed E-state index contributed by atoms with van der Waals surface area (Å²) < 4.78 is 6.40. The van der Waals surface area contributed by atoms with Gasteiger partial charge in [-0.25, -0.2) is 0 Å². The smallest absolute Gasteiger partial charge is 0.303 e. The van der Waals surface area contributed by atoms with Gasteiger partial charge in [-0.3, -0.25) is 9.78 Å². The number of carboxylic acids is 1. The average Bonchev–Trinajstić information content (AvgIpc) is 2.73. The van der Waals surface area contributed by atoms with Gasteiger partial charge in [-0.1, -0.05) is 24.6 Å². The largest absolute Gasteiger partial charge is 0.490 e. The molecule has 1 fully saturated rings. The number of aromatic nitrogens is 1. The highest BCUT2D eigenvalue weighted by Gasteiger charge is 2.18. The molecule has 0 aliphatic heterocycles. The molecule has 28 heavy (non-hydrogen) atoms. The minimum Gasteiger partial charge on any atom is -0.490 e. The van der Waals surface area contributed by atoms with E-state index >= 15 is 0 Å². The van der Waals surface area contributed by atoms with Gasteiger partial charge >= 0.3 is 5.97 Å². The molecule has 0 radical (unpaired) electrons. The van der Waals surface area contributed by atoms with Crippen LogP contribution in [0.15, 0.2) is 54.9 Å². The molecule has 4 heteroatoms. The quantitative estimate of drug-likeness (QED) is 0.606. The van der Waals surface area contributed by atoms with Gasteiger partial charge < -0.3 is 9.84 Å². The van der Waals surface area contributed by atoms with E-state index in [9.17, 15) is 4.79 Å². The zero-order valence-electron chi connectivity index (χ0n) is 15.9. The van der Waals surface area contributed by atoms with Crippen LogP contribution in [0.4, 0.5) is 0 Å². The SMILES string of the molecule is O=C(O)CCc1ccc(OC2CCCCC2)c(-c2ccc3cnccc3c2)c1. The zero-order valence-corrected chi connectivity index (χ0v) is 15.9. The second-order valence-electron chi connectivity index (χ2n) is 7.54. The number of benzene rings is 2. The first-order chi connectivity index (χ1) is 13.7. The second kappa shape index (κ2) is 8.42. The Hall–Kier alpha value is -2.88. The molecule has 1 aliphatic carbocycles. The maximum absolute atomic E-state index is 11.0. The van der Waals surface area contributed by atoms with Crippen molar-refractivity contribution in [3.8, 4) is 16.9 Å². The lowest BCUT2D eigenvalue weighted by atomic mass is 9.96. The normalized spacial score (nSPS) is 14.9. The molecular weight excluding hydrogens is 350 g/mol. The molecule has 144 valence electrons. The lowest BCUT2D eigenvalue weighted by Crippen LogP contribution is -2.20. The van der Waals surface area contributed by atoms with Crippen molar-refractivity contribution in [1.82, 2.24) is 4.98 Å². The molecule has 0 amide bonds. The monoisotopic (exact) mass is 375 g/mol. The first-order valence-corrected chi connectivity index (χ1v) is 10.0. The van der Waals surface area contributed by atoms with E-state index in [0.29, 0.717) is 6.42 Å². The molecule has 4 rings (SSSR count). The Labute approximate surface area is 165 Å². The van der Waals surface area contributed by atoms with Crippen LogP contribution in [0.25, 0.3) is 21.9 Å². The summed E-state index contributed by atoms with van der Waals surface area (Å²) in [6.07, 6.45) is 10.5. The number of ether oxygens (including phenoxy) is 1. The van der Waals surface area contributed by atoms with Crippen molar-refractivity contribution >= 4 is 16.7 Å². The van der Waals surface area contributed by atoms with Crippen LogP contribution in [0.2, 0.25) is 0 Å². The van der Waals surface area contributed by atoms with Crippen LogP contribution in [0.3, 0.4) is 0 Å². The van der Waals surface area contributed by atoms with Crippen molar-refractivity contribution < 1.29 is 14.6 Å². The van der Waals surface area contributed by atoms with E-state index < -0.39 is 5.97 Å². The lowest BCUT2D eigenvalue weighted by Gasteiger charge is -2.25. The van der Waals surface area contributed by atoms with Crippen molar-refractivity contribution in [3.05, 3.63) is 60.4 Å². The number of pyridine rings is 1. The van der Waals surface area contributed by atoms with Crippen molar-refractivity contribution in [2.45, 2.75) is 51.0 Å². The first kappa shape index (κ1) is 18.5. The van der Waals surface area contributed by atoms with E-state index in [1.165, 1.54) is 19.3 Å². The van der Waals surface area contributed by atoms with Crippen LogP contribution in [0.5, 0.6) is 5.75 Å². The Kier molecular flexibility index (Phi) is 5.56. The Balaban J connectivity index is 1.70. The van der Waals surface area contributed by atoms with Gasteiger partial charge in [-0.2, -0.15) is 0 Å². The number of nitrogens with zero attached hydrogens (tertiary/aromatic N) is 1. The number of rotatable bonds is 6. The minimum atomic E-state index is -0.776. The Morgan fingerprint density at radius 1 is 1.04 bits per heavy atom. The molecule has 2 aromatic carbocycles. The molecule has 0 spiro atoms. The third kappa shape index (κ3) is 4.33. The van der Waals surface area contributed by atoms with Gasteiger partial charge in [0.15, 0.2) is 0 Å². The fraction of sp³-hybridized carbons (Fsp3) is 0.333. The molecule has 1 aliphatic rings. The summed E-state index contributed by atoms with van der Waals surface area (Å²) in [5.41, 5.74) is 3.14. The number of aryl methyl sites for hydroxylation is 1. The van der Waals surface area contributed by atoms with E-state index in [1.807, 2.05) is 24.4 Å². The van der Waals surface area contributed by atoms with E-state index in [-0.39, 0.29) is 12.5 Å². The van der Waals surface area contributed by atoms with Gasteiger partial charge in [-0.05, 0) is 72.9 Å². The van der Waals surface area contributed by atoms with Crippen LogP contribution in [0.1, 0.15) is 44.1 Å². The fourth-order valence-corrected chi connectivity index (χ4v) is 3.93. The van der Waals surface area contributed by atoms with E-state index in [4.69, 9.17) is 9.84 Å². The highest BCUT2D eigenvalue weighted by molar-refractivity contribution is 5.87. The fourth-order valence-electron chi connectivity index (χ4n) is 3.93. The van der Waals surface area contributed by atoms with Crippen LogP contribution < -0.4 is 4.74 Å². The van der Waals surface area contributed by atoms with Crippen LogP contribution in [-0.2, 0) is 11.2 Å². The van der Waals surface area contributed by atoms with E-state index in [2.05, 4.69) is 29.2 Å². The average molecular weight is 375 g/mol. The molecule has 1 N–H and O–H groups in total. The Morgan fingerprint density at radius 2 is 1.89 bits per heavy atom. The third-order valence-corrected chi connectivity index (χ3v) is 5.47. The summed E-state index contributed by atoms with van der Waals surface area (Å²) in [6, 6.07) is 14.4. The molecule has 3 aromatic rings. The molecule has 1 saturated carbocycles. The van der Waals surface area contributed by atoms with Crippen molar-refractivity contribution in [3.63, 3.8) is 0 Å². The van der Waals surface area contributed by atoms with Gasteiger partial charge in [0, 0.05) is 29.8 Å². The standard InChI is InChI=1S/C24H25NO3/c26-24(27)11-7-17-6-10-23(28-21-4-2-1-3-5-21)22(14-17)19-8-9-20-16-25-13-12-18(20)15-19/h6,8-10,12-16,21H,1-5,7,11H2,(H,26,27). The van der Waals surface area contributed by atoms with E-state index in [0.717, 1.165) is 46.1 Å². The number of hydrogen-bond donors (Lipinski definition) is 1. The topological polar surface area (TPSA) is 59.4 Å². The molecule has 1 aromatic heterocycles. The highest BCUT2D eigenvalue weighted by Crippen LogP contribution is 2.35. The summed E-state index contributed by atoms with van der Waals surface area (Å²) in [4.78, 5) is 15.2. The predicted octanol–water partition coefficient (Wildman–Crippen LogP) is 5.63. The van der Waals surface area contributed by atoms with Crippen LogP contribution in [0, 0.1) is 0 Å². The highest BCUT2D eigenvalue weighted by atomic mass is 16.5. The molecule has 0 unspecified atom stereocenters. The van der Waals surface area contributed by atoms with Gasteiger partial charge in [0.2, 0.25) is 0 Å². The van der Waals surface area contributed by atoms with Gasteiger partial charge in [-0.15, -0.1) is 0 Å². The minimum absolute atomic E-state index is 0.131.